The smallest absolute Gasteiger partial charge is 0.259 e. The molecule has 1 aromatic carbocycles. The first-order valence-electron chi connectivity index (χ1n) is 5.63. The first-order chi connectivity index (χ1) is 9.22. The molecule has 2 heterocycles. The summed E-state index contributed by atoms with van der Waals surface area (Å²) in [6.07, 6.45) is 5.42. The molecule has 0 saturated heterocycles. The van der Waals surface area contributed by atoms with Gasteiger partial charge in [-0.15, -0.1) is 11.3 Å². The van der Waals surface area contributed by atoms with Gasteiger partial charge in [-0.1, -0.05) is 29.8 Å². The molecule has 0 spiro atoms. The van der Waals surface area contributed by atoms with Gasteiger partial charge in [0.05, 0.1) is 5.69 Å². The van der Waals surface area contributed by atoms with Crippen LogP contribution in [-0.4, -0.2) is 9.38 Å². The van der Waals surface area contributed by atoms with E-state index < -0.39 is 0 Å². The van der Waals surface area contributed by atoms with Gasteiger partial charge in [-0.2, -0.15) is 0 Å². The van der Waals surface area contributed by atoms with Gasteiger partial charge >= 0.3 is 0 Å². The molecular formula is C14H9ClN2OS. The fraction of sp³-hybridized carbons (Fsp3) is 0. The Morgan fingerprint density at radius 3 is 3.00 bits per heavy atom. The van der Waals surface area contributed by atoms with E-state index >= 15 is 0 Å². The molecule has 3 rings (SSSR count). The second kappa shape index (κ2) is 4.99. The minimum absolute atomic E-state index is 0.0722. The number of hydrogen-bond donors (Lipinski definition) is 0. The Kier molecular flexibility index (Phi) is 3.19. The van der Waals surface area contributed by atoms with Gasteiger partial charge in [0.1, 0.15) is 0 Å². The molecule has 0 radical (unpaired) electrons. The van der Waals surface area contributed by atoms with Crippen LogP contribution < -0.4 is 5.56 Å². The minimum atomic E-state index is -0.0722. The van der Waals surface area contributed by atoms with E-state index in [1.165, 1.54) is 21.8 Å². The third-order valence-corrected chi connectivity index (χ3v) is 3.61. The number of halogens is 1. The molecule has 0 bridgehead atoms. The first kappa shape index (κ1) is 12.1. The summed E-state index contributed by atoms with van der Waals surface area (Å²) in [5.74, 6) is 0. The molecule has 0 aliphatic carbocycles. The van der Waals surface area contributed by atoms with Crippen LogP contribution in [0.3, 0.4) is 0 Å². The predicted octanol–water partition coefficient (Wildman–Crippen LogP) is 3.58. The minimum Gasteiger partial charge on any atom is -0.269 e. The van der Waals surface area contributed by atoms with Crippen LogP contribution in [0.5, 0.6) is 0 Å². The molecule has 0 saturated carbocycles. The van der Waals surface area contributed by atoms with Crippen molar-refractivity contribution in [3.8, 4) is 0 Å². The molecule has 0 amide bonds. The zero-order chi connectivity index (χ0) is 13.2. The van der Waals surface area contributed by atoms with Gasteiger partial charge in [-0.25, -0.2) is 4.98 Å². The lowest BCUT2D eigenvalue weighted by Crippen LogP contribution is -2.11. The first-order valence-corrected chi connectivity index (χ1v) is 6.89. The van der Waals surface area contributed by atoms with Gasteiger partial charge in [0.25, 0.3) is 5.56 Å². The van der Waals surface area contributed by atoms with Crippen LogP contribution in [0.1, 0.15) is 11.3 Å². The molecule has 0 fully saturated rings. The Labute approximate surface area is 118 Å². The molecule has 19 heavy (non-hydrogen) atoms. The number of nitrogens with zero attached hydrogens (tertiary/aromatic N) is 2. The maximum atomic E-state index is 11.8. The Morgan fingerprint density at radius 1 is 1.26 bits per heavy atom. The van der Waals surface area contributed by atoms with E-state index in [-0.39, 0.29) is 5.56 Å². The molecule has 0 atom stereocenters. The monoisotopic (exact) mass is 288 g/mol. The average Bonchev–Trinajstić information content (AvgIpc) is 2.85. The highest BCUT2D eigenvalue weighted by molar-refractivity contribution is 7.15. The second-order valence-electron chi connectivity index (χ2n) is 3.96. The molecule has 3 nitrogen and oxygen atoms in total. The van der Waals surface area contributed by atoms with Crippen molar-refractivity contribution in [1.82, 2.24) is 9.38 Å². The van der Waals surface area contributed by atoms with E-state index in [4.69, 9.17) is 11.6 Å². The average molecular weight is 289 g/mol. The van der Waals surface area contributed by atoms with Gasteiger partial charge in [-0.05, 0) is 23.8 Å². The zero-order valence-electron chi connectivity index (χ0n) is 9.79. The van der Waals surface area contributed by atoms with Crippen molar-refractivity contribution in [3.05, 3.63) is 68.5 Å². The summed E-state index contributed by atoms with van der Waals surface area (Å²) in [7, 11) is 0. The van der Waals surface area contributed by atoms with Crippen LogP contribution in [0.15, 0.2) is 46.7 Å². The quantitative estimate of drug-likeness (QED) is 0.722. The molecule has 3 aromatic rings. The summed E-state index contributed by atoms with van der Waals surface area (Å²) in [6, 6.07) is 9.02. The lowest BCUT2D eigenvalue weighted by atomic mass is 10.2. The van der Waals surface area contributed by atoms with Gasteiger partial charge in [-0.3, -0.25) is 9.20 Å². The third kappa shape index (κ3) is 2.59. The van der Waals surface area contributed by atoms with Crippen molar-refractivity contribution in [2.75, 3.05) is 0 Å². The highest BCUT2D eigenvalue weighted by Crippen LogP contribution is 2.13. The lowest BCUT2D eigenvalue weighted by Gasteiger charge is -1.96. The second-order valence-corrected chi connectivity index (χ2v) is 5.27. The molecule has 0 aliphatic rings. The molecule has 94 valence electrons. The van der Waals surface area contributed by atoms with Crippen molar-refractivity contribution in [2.45, 2.75) is 0 Å². The highest BCUT2D eigenvalue weighted by Gasteiger charge is 2.00. The molecule has 2 aromatic heterocycles. The van der Waals surface area contributed by atoms with E-state index in [1.54, 1.807) is 6.20 Å². The molecular weight excluding hydrogens is 280 g/mol. The van der Waals surface area contributed by atoms with Crippen molar-refractivity contribution in [2.24, 2.45) is 0 Å². The molecule has 0 unspecified atom stereocenters. The van der Waals surface area contributed by atoms with E-state index in [0.717, 1.165) is 5.56 Å². The van der Waals surface area contributed by atoms with E-state index in [2.05, 4.69) is 4.98 Å². The van der Waals surface area contributed by atoms with Crippen molar-refractivity contribution in [3.63, 3.8) is 0 Å². The fourth-order valence-electron chi connectivity index (χ4n) is 1.74. The normalized spacial score (nSPS) is 11.4. The maximum absolute atomic E-state index is 11.8. The summed E-state index contributed by atoms with van der Waals surface area (Å²) < 4.78 is 1.53. The number of benzene rings is 1. The Hall–Kier alpha value is -1.91. The Balaban J connectivity index is 1.99. The van der Waals surface area contributed by atoms with E-state index in [0.29, 0.717) is 15.7 Å². The van der Waals surface area contributed by atoms with Crippen LogP contribution in [-0.2, 0) is 0 Å². The van der Waals surface area contributed by atoms with Crippen LogP contribution in [0.2, 0.25) is 5.02 Å². The maximum Gasteiger partial charge on any atom is 0.259 e. The number of aromatic nitrogens is 2. The van der Waals surface area contributed by atoms with Crippen molar-refractivity contribution >= 4 is 40.1 Å². The summed E-state index contributed by atoms with van der Waals surface area (Å²) >= 11 is 7.35. The van der Waals surface area contributed by atoms with E-state index in [9.17, 15) is 4.79 Å². The molecule has 0 aliphatic heterocycles. The number of thiazole rings is 1. The zero-order valence-corrected chi connectivity index (χ0v) is 11.4. The fourth-order valence-corrected chi connectivity index (χ4v) is 2.66. The Bertz CT molecular complexity index is 819. The number of rotatable bonds is 2. The summed E-state index contributed by atoms with van der Waals surface area (Å²) in [5.41, 5.74) is 1.55. The summed E-state index contributed by atoms with van der Waals surface area (Å²) in [6.45, 7) is 0. The Morgan fingerprint density at radius 2 is 2.16 bits per heavy atom. The standard InChI is InChI=1S/C14H9ClN2OS/c15-11-3-1-2-10(8-11)4-5-12-9-13(18)17-6-7-19-14(17)16-12/h1-9H/b5-4+. The lowest BCUT2D eigenvalue weighted by molar-refractivity contribution is 1.07. The SMILES string of the molecule is O=c1cc(/C=C/c2cccc(Cl)c2)nc2sccn12. The van der Waals surface area contributed by atoms with E-state index in [1.807, 2.05) is 41.8 Å². The molecule has 0 N–H and O–H groups in total. The third-order valence-electron chi connectivity index (χ3n) is 2.62. The highest BCUT2D eigenvalue weighted by atomic mass is 35.5. The van der Waals surface area contributed by atoms with Gasteiger partial charge in [0, 0.05) is 22.7 Å². The van der Waals surface area contributed by atoms with Crippen LogP contribution in [0.25, 0.3) is 17.1 Å². The number of fused-ring (bicyclic) bond motifs is 1. The predicted molar refractivity (Wildman–Crippen MR) is 79.7 cm³/mol. The van der Waals surface area contributed by atoms with Crippen molar-refractivity contribution in [1.29, 1.82) is 0 Å². The van der Waals surface area contributed by atoms with Gasteiger partial charge in [0.2, 0.25) is 0 Å². The molecule has 5 heteroatoms. The van der Waals surface area contributed by atoms with Crippen molar-refractivity contribution < 1.29 is 0 Å². The van der Waals surface area contributed by atoms with Crippen LogP contribution in [0, 0.1) is 0 Å². The summed E-state index contributed by atoms with van der Waals surface area (Å²) in [4.78, 5) is 16.9. The van der Waals surface area contributed by atoms with Crippen LogP contribution >= 0.6 is 22.9 Å². The van der Waals surface area contributed by atoms with Gasteiger partial charge in [0.15, 0.2) is 4.96 Å². The van der Waals surface area contributed by atoms with Gasteiger partial charge < -0.3 is 0 Å². The topological polar surface area (TPSA) is 34.4 Å². The summed E-state index contributed by atoms with van der Waals surface area (Å²) in [5, 5.41) is 2.53. The largest absolute Gasteiger partial charge is 0.269 e. The van der Waals surface area contributed by atoms with Crippen LogP contribution in [0.4, 0.5) is 0 Å². The number of hydrogen-bond acceptors (Lipinski definition) is 3.